The van der Waals surface area contributed by atoms with E-state index >= 15 is 4.39 Å². The van der Waals surface area contributed by atoms with Gasteiger partial charge in [0.2, 0.25) is 5.43 Å². The molecular weight excluding hydrogens is 425 g/mol. The molecule has 5 rings (SSSR count). The zero-order chi connectivity index (χ0) is 22.9. The first-order valence-electron chi connectivity index (χ1n) is 9.79. The van der Waals surface area contributed by atoms with Crippen LogP contribution >= 0.6 is 0 Å². The maximum absolute atomic E-state index is 15.6. The number of hydrogen-bond donors (Lipinski definition) is 3. The number of nitrogens with zero attached hydrogens (tertiary/aromatic N) is 4. The molecule has 32 heavy (non-hydrogen) atoms. The minimum absolute atomic E-state index is 0.0317. The summed E-state index contributed by atoms with van der Waals surface area (Å²) in [7, 11) is 0. The molecule has 4 N–H and O–H groups in total. The highest BCUT2D eigenvalue weighted by Crippen LogP contribution is 2.45. The van der Waals surface area contributed by atoms with Gasteiger partial charge in [-0.25, -0.2) is 19.0 Å². The smallest absolute Gasteiger partial charge is 0.354 e. The van der Waals surface area contributed by atoms with Crippen LogP contribution in [0.5, 0.6) is 5.75 Å². The summed E-state index contributed by atoms with van der Waals surface area (Å²) in [6.07, 6.45) is 2.48. The second-order valence-corrected chi connectivity index (χ2v) is 7.81. The highest BCUT2D eigenvalue weighted by molar-refractivity contribution is 6.03. The summed E-state index contributed by atoms with van der Waals surface area (Å²) in [5.74, 6) is -2.91. The van der Waals surface area contributed by atoms with Gasteiger partial charge in [-0.3, -0.25) is 4.79 Å². The van der Waals surface area contributed by atoms with Crippen molar-refractivity contribution in [1.82, 2.24) is 14.1 Å². The molecule has 0 saturated heterocycles. The Morgan fingerprint density at radius 2 is 2.03 bits per heavy atom. The molecule has 2 aromatic heterocycles. The van der Waals surface area contributed by atoms with E-state index in [1.807, 2.05) is 0 Å². The Kier molecular flexibility index (Phi) is 4.16. The molecule has 0 saturated carbocycles. The van der Waals surface area contributed by atoms with Gasteiger partial charge >= 0.3 is 11.9 Å². The Hall–Kier alpha value is -4.09. The van der Waals surface area contributed by atoms with Crippen molar-refractivity contribution in [1.29, 1.82) is 0 Å². The lowest BCUT2D eigenvalue weighted by molar-refractivity contribution is 0.0677. The fraction of sp³-hybridized carbons (Fsp3) is 0.300. The lowest BCUT2D eigenvalue weighted by Crippen LogP contribution is -2.37. The molecule has 0 radical (unpaired) electrons. The van der Waals surface area contributed by atoms with Crippen LogP contribution in [-0.4, -0.2) is 49.4 Å². The third-order valence-corrected chi connectivity index (χ3v) is 5.95. The van der Waals surface area contributed by atoms with Crippen molar-refractivity contribution in [2.24, 2.45) is 0 Å². The largest absolute Gasteiger partial charge is 0.487 e. The molecule has 1 unspecified atom stereocenters. The van der Waals surface area contributed by atoms with Crippen molar-refractivity contribution in [3.05, 3.63) is 45.5 Å². The first-order valence-corrected chi connectivity index (χ1v) is 9.79. The number of nitrogen functional groups attached to an aromatic ring is 1. The number of benzene rings is 1. The zero-order valence-electron chi connectivity index (χ0n) is 16.8. The number of imidazole rings is 1. The maximum Gasteiger partial charge on any atom is 0.354 e. The number of ether oxygens (including phenoxy) is 1. The van der Waals surface area contributed by atoms with Crippen molar-refractivity contribution >= 4 is 34.2 Å². The Morgan fingerprint density at radius 3 is 2.72 bits per heavy atom. The van der Waals surface area contributed by atoms with E-state index in [0.29, 0.717) is 5.82 Å². The molecule has 0 spiro atoms. The van der Waals surface area contributed by atoms with Crippen molar-refractivity contribution in [2.45, 2.75) is 26.1 Å². The molecule has 2 aliphatic heterocycles. The van der Waals surface area contributed by atoms with Crippen molar-refractivity contribution in [2.75, 3.05) is 23.8 Å². The van der Waals surface area contributed by atoms with E-state index in [1.165, 1.54) is 12.4 Å². The number of fused-ring (bicyclic) bond motifs is 1. The fourth-order valence-electron chi connectivity index (χ4n) is 4.39. The molecule has 11 nitrogen and oxygen atoms in total. The number of rotatable bonds is 3. The number of carbonyl (C=O) groups is 2. The molecule has 0 amide bonds. The van der Waals surface area contributed by atoms with Gasteiger partial charge in [0, 0.05) is 19.3 Å². The average molecular weight is 443 g/mol. The minimum atomic E-state index is -1.43. The molecule has 1 atom stereocenters. The number of hydrogen-bond acceptors (Lipinski definition) is 7. The lowest BCUT2D eigenvalue weighted by Gasteiger charge is -2.35. The molecule has 1 aromatic carbocycles. The highest BCUT2D eigenvalue weighted by atomic mass is 19.1. The molecule has 166 valence electrons. The van der Waals surface area contributed by atoms with Crippen LogP contribution < -0.4 is 20.8 Å². The molecule has 2 aliphatic rings. The Bertz CT molecular complexity index is 1390. The molecule has 3 aromatic rings. The number of anilines is 2. The quantitative estimate of drug-likeness (QED) is 0.508. The average Bonchev–Trinajstić information content (AvgIpc) is 3.17. The fourth-order valence-corrected chi connectivity index (χ4v) is 4.39. The molecular formula is C20H18FN5O6. The Morgan fingerprint density at radius 1 is 1.28 bits per heavy atom. The molecule has 0 bridgehead atoms. The standard InChI is InChI=1S/C20H18FN5O6/c1-8-7-32-18-15-12(17(27)9(19(28)29)5-26(8)15)14(22)13(21)16(18)24-2-3-25-10(20(30)31)4-23-11(25)6-24/h4-5,8H,2-3,6-7,22H2,1H3,(H,28,29)(H,30,31). The first kappa shape index (κ1) is 19.8. The van der Waals surface area contributed by atoms with Gasteiger partial charge in [0.05, 0.1) is 35.4 Å². The topological polar surface area (TPSA) is 153 Å². The van der Waals surface area contributed by atoms with Crippen molar-refractivity contribution < 1.29 is 28.9 Å². The van der Waals surface area contributed by atoms with E-state index in [1.54, 1.807) is 21.0 Å². The predicted octanol–water partition coefficient (Wildman–Crippen LogP) is 1.29. The summed E-state index contributed by atoms with van der Waals surface area (Å²) in [6.45, 7) is 2.50. The summed E-state index contributed by atoms with van der Waals surface area (Å²) in [4.78, 5) is 41.6. The molecule has 0 aliphatic carbocycles. The SMILES string of the molecule is CC1COc2c(N3CCn4c(C(=O)O)cnc4C3)c(F)c(N)c3c(=O)c(C(=O)O)cn1c23. The van der Waals surface area contributed by atoms with Gasteiger partial charge in [-0.1, -0.05) is 0 Å². The van der Waals surface area contributed by atoms with E-state index in [4.69, 9.17) is 10.5 Å². The predicted molar refractivity (Wildman–Crippen MR) is 110 cm³/mol. The van der Waals surface area contributed by atoms with Gasteiger partial charge in [0.15, 0.2) is 11.6 Å². The number of nitrogens with two attached hydrogens (primary N) is 1. The third kappa shape index (κ3) is 2.58. The number of aromatic nitrogens is 3. The maximum atomic E-state index is 15.6. The van der Waals surface area contributed by atoms with E-state index < -0.39 is 34.4 Å². The second-order valence-electron chi connectivity index (χ2n) is 7.81. The summed E-state index contributed by atoms with van der Waals surface area (Å²) < 4.78 is 24.5. The van der Waals surface area contributed by atoms with Crippen LogP contribution in [0.15, 0.2) is 17.2 Å². The normalized spacial score (nSPS) is 17.2. The number of carboxylic acids is 2. The van der Waals surface area contributed by atoms with Gasteiger partial charge in [0.25, 0.3) is 0 Å². The van der Waals surface area contributed by atoms with Gasteiger partial charge in [-0.15, -0.1) is 0 Å². The van der Waals surface area contributed by atoms with Crippen molar-refractivity contribution in [3.63, 3.8) is 0 Å². The molecule has 12 heteroatoms. The summed E-state index contributed by atoms with van der Waals surface area (Å²) in [5.41, 5.74) is 4.49. The van der Waals surface area contributed by atoms with Crippen LogP contribution in [-0.2, 0) is 13.1 Å². The summed E-state index contributed by atoms with van der Waals surface area (Å²) in [5, 5.41) is 18.5. The lowest BCUT2D eigenvalue weighted by atomic mass is 10.0. The summed E-state index contributed by atoms with van der Waals surface area (Å²) >= 11 is 0. The molecule has 0 fully saturated rings. The Labute approximate surface area is 179 Å². The van der Waals surface area contributed by atoms with Crippen LogP contribution in [0.2, 0.25) is 0 Å². The van der Waals surface area contributed by atoms with Gasteiger partial charge in [-0.2, -0.15) is 0 Å². The first-order chi connectivity index (χ1) is 15.2. The number of carboxylic acid groups (broad SMARTS) is 2. The van der Waals surface area contributed by atoms with Crippen LogP contribution in [0.4, 0.5) is 15.8 Å². The number of pyridine rings is 1. The van der Waals surface area contributed by atoms with Gasteiger partial charge in [0.1, 0.15) is 29.4 Å². The molecule has 4 heterocycles. The highest BCUT2D eigenvalue weighted by Gasteiger charge is 2.34. The second kappa shape index (κ2) is 6.70. The number of halogens is 1. The number of aromatic carboxylic acids is 2. The minimum Gasteiger partial charge on any atom is -0.487 e. The van der Waals surface area contributed by atoms with Crippen LogP contribution in [0, 0.1) is 5.82 Å². The van der Waals surface area contributed by atoms with Crippen LogP contribution in [0.25, 0.3) is 10.9 Å². The zero-order valence-corrected chi connectivity index (χ0v) is 16.8. The van der Waals surface area contributed by atoms with Gasteiger partial charge < -0.3 is 34.7 Å². The monoisotopic (exact) mass is 443 g/mol. The van der Waals surface area contributed by atoms with Crippen LogP contribution in [0.1, 0.15) is 39.6 Å². The summed E-state index contributed by atoms with van der Waals surface area (Å²) in [6, 6.07) is -0.320. The van der Waals surface area contributed by atoms with Crippen molar-refractivity contribution in [3.8, 4) is 5.75 Å². The third-order valence-electron chi connectivity index (χ3n) is 5.95. The Balaban J connectivity index is 1.75. The van der Waals surface area contributed by atoms with E-state index in [9.17, 15) is 24.6 Å². The van der Waals surface area contributed by atoms with E-state index in [2.05, 4.69) is 4.98 Å². The van der Waals surface area contributed by atoms with E-state index in [-0.39, 0.29) is 60.3 Å². The van der Waals surface area contributed by atoms with E-state index in [0.717, 1.165) is 0 Å². The van der Waals surface area contributed by atoms with Crippen LogP contribution in [0.3, 0.4) is 0 Å². The van der Waals surface area contributed by atoms with Gasteiger partial charge in [-0.05, 0) is 6.92 Å².